The van der Waals surface area contributed by atoms with Crippen LogP contribution in [0.3, 0.4) is 0 Å². The molecule has 4 aliphatic carbocycles. The third-order valence-corrected chi connectivity index (χ3v) is 9.85. The van der Waals surface area contributed by atoms with Gasteiger partial charge >= 0.3 is 0 Å². The number of hydrogen-bond acceptors (Lipinski definition) is 4. The minimum Gasteiger partial charge on any atom is -0.293 e. The highest BCUT2D eigenvalue weighted by Crippen LogP contribution is 2.60. The Bertz CT molecular complexity index is 857. The van der Waals surface area contributed by atoms with Crippen LogP contribution in [0.15, 0.2) is 18.2 Å². The van der Waals surface area contributed by atoms with Crippen LogP contribution in [-0.4, -0.2) is 37.5 Å². The van der Waals surface area contributed by atoms with Gasteiger partial charge in [-0.3, -0.25) is 9.10 Å². The summed E-state index contributed by atoms with van der Waals surface area (Å²) in [6.07, 6.45) is 10.1. The molecule has 5 aliphatic rings. The molecule has 0 saturated heterocycles. The van der Waals surface area contributed by atoms with Crippen LogP contribution < -0.4 is 4.31 Å². The molecule has 1 aromatic carbocycles. The number of thioether (sulfide) groups is 1. The molecule has 6 heteroatoms. The molecule has 0 spiro atoms. The molecule has 4 saturated carbocycles. The van der Waals surface area contributed by atoms with Crippen LogP contribution in [0.25, 0.3) is 0 Å². The number of ketones is 1. The van der Waals surface area contributed by atoms with E-state index in [9.17, 15) is 13.2 Å². The summed E-state index contributed by atoms with van der Waals surface area (Å²) in [6, 6.07) is 5.54. The zero-order valence-electron chi connectivity index (χ0n) is 15.8. The second kappa shape index (κ2) is 6.24. The standard InChI is InChI=1S/C21H27NO3S2/c1-27(24,25)22-5-4-17-9-18(2-3-19(17)22)20(23)13-26-21-10-14-6-15(11-21)8-16(7-14)12-21/h2-3,9,14-16H,4-8,10-13H2,1H3. The summed E-state index contributed by atoms with van der Waals surface area (Å²) in [5.74, 6) is 3.46. The number of Topliss-reactive ketones (excluding diaryl/α,β-unsaturated/α-hetero) is 1. The minimum absolute atomic E-state index is 0.191. The highest BCUT2D eigenvalue weighted by molar-refractivity contribution is 8.01. The van der Waals surface area contributed by atoms with Crippen molar-refractivity contribution < 1.29 is 13.2 Å². The van der Waals surface area contributed by atoms with Gasteiger partial charge in [-0.15, -0.1) is 11.8 Å². The first-order valence-electron chi connectivity index (χ1n) is 10.1. The van der Waals surface area contributed by atoms with Gasteiger partial charge in [0.05, 0.1) is 17.7 Å². The fourth-order valence-corrected chi connectivity index (χ4v) is 9.02. The lowest BCUT2D eigenvalue weighted by atomic mass is 9.56. The van der Waals surface area contributed by atoms with E-state index in [1.807, 2.05) is 30.0 Å². The maximum Gasteiger partial charge on any atom is 0.232 e. The molecule has 4 nitrogen and oxygen atoms in total. The summed E-state index contributed by atoms with van der Waals surface area (Å²) in [6.45, 7) is 0.480. The molecule has 0 aromatic heterocycles. The Labute approximate surface area is 166 Å². The van der Waals surface area contributed by atoms with Crippen molar-refractivity contribution in [2.45, 2.75) is 49.7 Å². The third kappa shape index (κ3) is 3.23. The van der Waals surface area contributed by atoms with Crippen molar-refractivity contribution in [2.24, 2.45) is 17.8 Å². The Morgan fingerprint density at radius 3 is 2.37 bits per heavy atom. The lowest BCUT2D eigenvalue weighted by Crippen LogP contribution is -2.48. The van der Waals surface area contributed by atoms with E-state index < -0.39 is 10.0 Å². The molecule has 0 N–H and O–H groups in total. The van der Waals surface area contributed by atoms with Gasteiger partial charge in [-0.25, -0.2) is 8.42 Å². The Kier molecular flexibility index (Phi) is 4.17. The molecule has 1 heterocycles. The fourth-order valence-electron chi connectivity index (χ4n) is 6.40. The van der Waals surface area contributed by atoms with Crippen molar-refractivity contribution in [1.29, 1.82) is 0 Å². The number of benzene rings is 1. The molecule has 6 rings (SSSR count). The second-order valence-electron chi connectivity index (χ2n) is 9.24. The summed E-state index contributed by atoms with van der Waals surface area (Å²) >= 11 is 1.92. The fraction of sp³-hybridized carbons (Fsp3) is 0.667. The molecular formula is C21H27NO3S2. The van der Waals surface area contributed by atoms with Crippen LogP contribution >= 0.6 is 11.8 Å². The van der Waals surface area contributed by atoms with Crippen molar-refractivity contribution in [3.05, 3.63) is 29.3 Å². The quantitative estimate of drug-likeness (QED) is 0.698. The van der Waals surface area contributed by atoms with E-state index in [2.05, 4.69) is 0 Å². The molecule has 0 atom stereocenters. The number of rotatable bonds is 5. The highest BCUT2D eigenvalue weighted by Gasteiger charge is 2.51. The summed E-state index contributed by atoms with van der Waals surface area (Å²) in [4.78, 5) is 12.9. The Morgan fingerprint density at radius 1 is 1.15 bits per heavy atom. The predicted molar refractivity (Wildman–Crippen MR) is 110 cm³/mol. The van der Waals surface area contributed by atoms with Gasteiger partial charge in [0.15, 0.2) is 5.78 Å². The number of anilines is 1. The topological polar surface area (TPSA) is 54.5 Å². The van der Waals surface area contributed by atoms with Gasteiger partial charge in [-0.1, -0.05) is 0 Å². The summed E-state index contributed by atoms with van der Waals surface area (Å²) in [5.41, 5.74) is 2.45. The lowest BCUT2D eigenvalue weighted by molar-refractivity contribution is 0.0383. The van der Waals surface area contributed by atoms with Crippen molar-refractivity contribution >= 4 is 33.3 Å². The number of hydrogen-bond donors (Lipinski definition) is 0. The number of carbonyl (C=O) groups is 1. The van der Waals surface area contributed by atoms with Gasteiger partial charge in [0.2, 0.25) is 10.0 Å². The van der Waals surface area contributed by atoms with Crippen LogP contribution in [0.5, 0.6) is 0 Å². The molecule has 0 radical (unpaired) electrons. The zero-order chi connectivity index (χ0) is 18.8. The first-order valence-corrected chi connectivity index (χ1v) is 12.9. The lowest BCUT2D eigenvalue weighted by Gasteiger charge is -2.56. The number of nitrogens with zero attached hydrogens (tertiary/aromatic N) is 1. The SMILES string of the molecule is CS(=O)(=O)N1CCc2cc(C(=O)CSC34CC5CC(CC(C5)C3)C4)ccc21. The van der Waals surface area contributed by atoms with Gasteiger partial charge in [-0.2, -0.15) is 0 Å². The van der Waals surface area contributed by atoms with Crippen molar-refractivity contribution in [3.63, 3.8) is 0 Å². The average Bonchev–Trinajstić information content (AvgIpc) is 3.02. The summed E-state index contributed by atoms with van der Waals surface area (Å²) < 4.78 is 25.6. The van der Waals surface area contributed by atoms with Crippen molar-refractivity contribution in [2.75, 3.05) is 22.9 Å². The van der Waals surface area contributed by atoms with E-state index in [4.69, 9.17) is 0 Å². The van der Waals surface area contributed by atoms with E-state index in [1.54, 1.807) is 0 Å². The number of sulfonamides is 1. The normalized spacial score (nSPS) is 34.1. The van der Waals surface area contributed by atoms with Gasteiger partial charge in [0, 0.05) is 16.9 Å². The van der Waals surface area contributed by atoms with Crippen LogP contribution in [0.2, 0.25) is 0 Å². The molecule has 27 heavy (non-hydrogen) atoms. The predicted octanol–water partition coefficient (Wildman–Crippen LogP) is 3.89. The Balaban J connectivity index is 1.29. The smallest absolute Gasteiger partial charge is 0.232 e. The highest BCUT2D eigenvalue weighted by atomic mass is 32.2. The maximum atomic E-state index is 12.9. The minimum atomic E-state index is -3.24. The monoisotopic (exact) mass is 405 g/mol. The summed E-state index contributed by atoms with van der Waals surface area (Å²) in [7, 11) is -3.24. The van der Waals surface area contributed by atoms with Crippen LogP contribution in [0.1, 0.15) is 54.4 Å². The van der Waals surface area contributed by atoms with E-state index in [1.165, 1.54) is 49.1 Å². The van der Waals surface area contributed by atoms with Crippen molar-refractivity contribution in [3.8, 4) is 0 Å². The molecule has 4 bridgehead atoms. The van der Waals surface area contributed by atoms with Crippen molar-refractivity contribution in [1.82, 2.24) is 0 Å². The van der Waals surface area contributed by atoms with E-state index >= 15 is 0 Å². The Hall–Kier alpha value is -1.01. The first kappa shape index (κ1) is 18.0. The number of fused-ring (bicyclic) bond motifs is 1. The number of carbonyl (C=O) groups excluding carboxylic acids is 1. The average molecular weight is 406 g/mol. The second-order valence-corrected chi connectivity index (χ2v) is 12.6. The van der Waals surface area contributed by atoms with Crippen LogP contribution in [-0.2, 0) is 16.4 Å². The third-order valence-electron chi connectivity index (χ3n) is 7.15. The maximum absolute atomic E-state index is 12.9. The zero-order valence-corrected chi connectivity index (χ0v) is 17.4. The molecule has 1 aromatic rings. The van der Waals surface area contributed by atoms with Crippen LogP contribution in [0.4, 0.5) is 5.69 Å². The van der Waals surface area contributed by atoms with E-state index in [0.29, 0.717) is 23.5 Å². The van der Waals surface area contributed by atoms with E-state index in [0.717, 1.165) is 34.6 Å². The van der Waals surface area contributed by atoms with Gasteiger partial charge in [-0.05, 0) is 86.5 Å². The molecule has 0 amide bonds. The van der Waals surface area contributed by atoms with Gasteiger partial charge < -0.3 is 0 Å². The summed E-state index contributed by atoms with van der Waals surface area (Å²) in [5, 5.41) is 0. The molecule has 146 valence electrons. The molecule has 4 fully saturated rings. The van der Waals surface area contributed by atoms with Gasteiger partial charge in [0.1, 0.15) is 0 Å². The largest absolute Gasteiger partial charge is 0.293 e. The first-order chi connectivity index (χ1) is 12.8. The van der Waals surface area contributed by atoms with Gasteiger partial charge in [0.25, 0.3) is 0 Å². The van der Waals surface area contributed by atoms with Crippen LogP contribution in [0, 0.1) is 17.8 Å². The molecule has 0 unspecified atom stereocenters. The molecule has 1 aliphatic heterocycles. The molecular weight excluding hydrogens is 378 g/mol. The Morgan fingerprint density at radius 2 is 1.78 bits per heavy atom. The van der Waals surface area contributed by atoms with E-state index in [-0.39, 0.29) is 5.78 Å².